The summed E-state index contributed by atoms with van der Waals surface area (Å²) in [4.78, 5) is 2.97. The Morgan fingerprint density at radius 3 is 3.12 bits per heavy atom. The van der Waals surface area contributed by atoms with Crippen molar-refractivity contribution < 1.29 is 0 Å². The number of H-pyrrole nitrogens is 1. The van der Waals surface area contributed by atoms with Gasteiger partial charge in [0.05, 0.1) is 5.03 Å². The molecule has 0 spiro atoms. The Balaban J connectivity index is 2.50. The van der Waals surface area contributed by atoms with Crippen LogP contribution in [0.25, 0.3) is 0 Å². The van der Waals surface area contributed by atoms with E-state index in [2.05, 4.69) is 21.9 Å². The summed E-state index contributed by atoms with van der Waals surface area (Å²) >= 11 is 5.88. The maximum atomic E-state index is 4.49. The SMILES string of the molecule is [S]NSc1ccc[nH]1. The second kappa shape index (κ2) is 3.06. The van der Waals surface area contributed by atoms with Crippen molar-refractivity contribution >= 4 is 24.8 Å². The molecule has 0 aliphatic heterocycles. The maximum Gasteiger partial charge on any atom is 0.0882 e. The van der Waals surface area contributed by atoms with Crippen molar-refractivity contribution in [3.05, 3.63) is 18.3 Å². The molecule has 4 heteroatoms. The van der Waals surface area contributed by atoms with E-state index < -0.39 is 0 Å². The van der Waals surface area contributed by atoms with Gasteiger partial charge >= 0.3 is 0 Å². The molecule has 0 unspecified atom stereocenters. The third kappa shape index (κ3) is 1.47. The highest BCUT2D eigenvalue weighted by Crippen LogP contribution is 2.09. The average Bonchev–Trinajstić information content (AvgIpc) is 2.19. The standard InChI is InChI=1S/C4H5N2S2/c7-6-8-4-2-1-3-5-4/h1-3,5-6H. The Kier molecular flexibility index (Phi) is 2.32. The molecule has 0 bridgehead atoms. The lowest BCUT2D eigenvalue weighted by molar-refractivity contribution is 1.20. The fourth-order valence-electron chi connectivity index (χ4n) is 0.422. The molecule has 8 heavy (non-hydrogen) atoms. The van der Waals surface area contributed by atoms with Crippen LogP contribution in [0, 0.1) is 0 Å². The molecule has 0 aliphatic rings. The fourth-order valence-corrected chi connectivity index (χ4v) is 1.05. The van der Waals surface area contributed by atoms with Gasteiger partial charge in [0.25, 0.3) is 0 Å². The Bertz CT molecular complexity index is 138. The van der Waals surface area contributed by atoms with E-state index in [1.165, 1.54) is 11.9 Å². The summed E-state index contributed by atoms with van der Waals surface area (Å²) < 4.78 is 2.54. The minimum Gasteiger partial charge on any atom is -0.355 e. The van der Waals surface area contributed by atoms with Gasteiger partial charge in [-0.3, -0.25) is 0 Å². The first-order valence-corrected chi connectivity index (χ1v) is 3.33. The van der Waals surface area contributed by atoms with Crippen molar-refractivity contribution in [2.45, 2.75) is 5.03 Å². The van der Waals surface area contributed by atoms with E-state index in [4.69, 9.17) is 0 Å². The predicted molar refractivity (Wildman–Crippen MR) is 37.4 cm³/mol. The van der Waals surface area contributed by atoms with Gasteiger partial charge in [0.15, 0.2) is 0 Å². The Morgan fingerprint density at radius 2 is 2.62 bits per heavy atom. The lowest BCUT2D eigenvalue weighted by Crippen LogP contribution is -1.79. The van der Waals surface area contributed by atoms with E-state index in [0.717, 1.165) is 5.03 Å². The number of nitrogens with one attached hydrogen (secondary N) is 2. The van der Waals surface area contributed by atoms with Crippen molar-refractivity contribution in [1.82, 2.24) is 9.11 Å². The smallest absolute Gasteiger partial charge is 0.0882 e. The monoisotopic (exact) mass is 145 g/mol. The number of aromatic amines is 1. The lowest BCUT2D eigenvalue weighted by Gasteiger charge is -1.87. The molecule has 2 N–H and O–H groups in total. The van der Waals surface area contributed by atoms with Gasteiger partial charge in [0.1, 0.15) is 0 Å². The minimum absolute atomic E-state index is 1.04. The van der Waals surface area contributed by atoms with Crippen LogP contribution in [0.15, 0.2) is 23.4 Å². The zero-order chi connectivity index (χ0) is 5.82. The number of hydrogen-bond acceptors (Lipinski definition) is 2. The molecule has 0 fully saturated rings. The molecule has 1 aromatic heterocycles. The van der Waals surface area contributed by atoms with Gasteiger partial charge in [0, 0.05) is 19.0 Å². The normalized spacial score (nSPS) is 9.62. The van der Waals surface area contributed by atoms with Crippen LogP contribution >= 0.6 is 24.8 Å². The van der Waals surface area contributed by atoms with Crippen molar-refractivity contribution in [3.63, 3.8) is 0 Å². The van der Waals surface area contributed by atoms with E-state index >= 15 is 0 Å². The third-order valence-electron chi connectivity index (χ3n) is 0.721. The minimum atomic E-state index is 1.04. The van der Waals surface area contributed by atoms with Crippen molar-refractivity contribution in [2.24, 2.45) is 0 Å². The topological polar surface area (TPSA) is 27.8 Å². The van der Waals surface area contributed by atoms with Crippen LogP contribution in [0.1, 0.15) is 0 Å². The molecule has 1 radical (unpaired) electrons. The van der Waals surface area contributed by atoms with Gasteiger partial charge in [-0.15, -0.1) is 0 Å². The summed E-state index contributed by atoms with van der Waals surface area (Å²) in [6.07, 6.45) is 1.86. The summed E-state index contributed by atoms with van der Waals surface area (Å²) in [6, 6.07) is 3.87. The molecular formula is C4H5N2S2. The molecule has 1 aromatic rings. The molecule has 43 valence electrons. The van der Waals surface area contributed by atoms with E-state index in [9.17, 15) is 0 Å². The third-order valence-corrected chi connectivity index (χ3v) is 1.53. The molecule has 2 nitrogen and oxygen atoms in total. The van der Waals surface area contributed by atoms with Gasteiger partial charge in [-0.25, -0.2) is 0 Å². The van der Waals surface area contributed by atoms with Gasteiger partial charge in [-0.05, 0) is 24.1 Å². The second-order valence-corrected chi connectivity index (χ2v) is 2.53. The molecule has 0 atom stereocenters. The summed E-state index contributed by atoms with van der Waals surface area (Å²) in [6.45, 7) is 0. The highest BCUT2D eigenvalue weighted by molar-refractivity contribution is 8.06. The number of rotatable bonds is 2. The largest absolute Gasteiger partial charge is 0.355 e. The average molecular weight is 145 g/mol. The molecular weight excluding hydrogens is 140 g/mol. The van der Waals surface area contributed by atoms with Gasteiger partial charge in [0.2, 0.25) is 0 Å². The number of aromatic nitrogens is 1. The summed E-state index contributed by atoms with van der Waals surface area (Å²) in [5.74, 6) is 0. The first kappa shape index (κ1) is 6.07. The van der Waals surface area contributed by atoms with Crippen LogP contribution in [0.2, 0.25) is 0 Å². The summed E-state index contributed by atoms with van der Waals surface area (Å²) in [7, 11) is 0. The second-order valence-electron chi connectivity index (χ2n) is 1.22. The number of hydrogen-bond donors (Lipinski definition) is 2. The molecule has 0 aliphatic carbocycles. The van der Waals surface area contributed by atoms with Crippen LogP contribution in [-0.4, -0.2) is 4.98 Å². The Labute approximate surface area is 57.7 Å². The van der Waals surface area contributed by atoms with Crippen LogP contribution in [0.5, 0.6) is 0 Å². The first-order chi connectivity index (χ1) is 3.93. The Morgan fingerprint density at radius 1 is 1.75 bits per heavy atom. The van der Waals surface area contributed by atoms with Crippen molar-refractivity contribution in [2.75, 3.05) is 0 Å². The zero-order valence-electron chi connectivity index (χ0n) is 4.05. The Hall–Kier alpha value is -0.0600. The van der Waals surface area contributed by atoms with Crippen LogP contribution in [0.4, 0.5) is 0 Å². The van der Waals surface area contributed by atoms with Gasteiger partial charge < -0.3 is 4.98 Å². The van der Waals surface area contributed by atoms with Gasteiger partial charge in [-0.2, -0.15) is 4.13 Å². The molecule has 1 heterocycles. The predicted octanol–water partition coefficient (Wildman–Crippen LogP) is 1.72. The zero-order valence-corrected chi connectivity index (χ0v) is 5.68. The fraction of sp³-hybridized carbons (Fsp3) is 0. The van der Waals surface area contributed by atoms with Gasteiger partial charge in [-0.1, -0.05) is 0 Å². The highest BCUT2D eigenvalue weighted by atomic mass is 32.2. The lowest BCUT2D eigenvalue weighted by atomic mass is 10.7. The van der Waals surface area contributed by atoms with Crippen LogP contribution in [0.3, 0.4) is 0 Å². The highest BCUT2D eigenvalue weighted by Gasteiger charge is 1.86. The molecule has 0 amide bonds. The molecule has 0 saturated carbocycles. The van der Waals surface area contributed by atoms with Crippen molar-refractivity contribution in [3.8, 4) is 0 Å². The molecule has 1 rings (SSSR count). The maximum absolute atomic E-state index is 4.49. The summed E-state index contributed by atoms with van der Waals surface area (Å²) in [5.41, 5.74) is 0. The van der Waals surface area contributed by atoms with Crippen LogP contribution in [-0.2, 0) is 0 Å². The molecule has 0 aromatic carbocycles. The summed E-state index contributed by atoms with van der Waals surface area (Å²) in [5, 5.41) is 1.04. The quantitative estimate of drug-likeness (QED) is 0.620. The van der Waals surface area contributed by atoms with E-state index in [-0.39, 0.29) is 0 Å². The first-order valence-electron chi connectivity index (χ1n) is 2.11. The van der Waals surface area contributed by atoms with Crippen LogP contribution < -0.4 is 4.13 Å². The molecule has 0 saturated heterocycles. The van der Waals surface area contributed by atoms with Crippen molar-refractivity contribution in [1.29, 1.82) is 0 Å². The van der Waals surface area contributed by atoms with E-state index in [1.54, 1.807) is 0 Å². The van der Waals surface area contributed by atoms with E-state index in [1.807, 2.05) is 18.3 Å². The van der Waals surface area contributed by atoms with E-state index in [0.29, 0.717) is 0 Å².